The molecule has 1 aliphatic rings. The Kier molecular flexibility index (Phi) is 3.88. The molecular formula is C12H17N3O3S. The first-order valence-electron chi connectivity index (χ1n) is 5.95. The fourth-order valence-corrected chi connectivity index (χ4v) is 2.61. The van der Waals surface area contributed by atoms with Gasteiger partial charge in [0.1, 0.15) is 0 Å². The van der Waals surface area contributed by atoms with Crippen molar-refractivity contribution in [3.05, 3.63) is 24.3 Å². The lowest BCUT2D eigenvalue weighted by atomic mass is 10.0. The number of rotatable bonds is 4. The Morgan fingerprint density at radius 3 is 2.58 bits per heavy atom. The minimum Gasteiger partial charge on any atom is -0.326 e. The van der Waals surface area contributed by atoms with E-state index < -0.39 is 10.0 Å². The van der Waals surface area contributed by atoms with Crippen LogP contribution in [0, 0.1) is 5.92 Å². The Labute approximate surface area is 112 Å². The molecule has 7 heteroatoms. The van der Waals surface area contributed by atoms with Crippen LogP contribution in [0.2, 0.25) is 0 Å². The van der Waals surface area contributed by atoms with Crippen molar-refractivity contribution in [1.82, 2.24) is 9.62 Å². The van der Waals surface area contributed by atoms with Crippen molar-refractivity contribution in [3.63, 3.8) is 0 Å². The summed E-state index contributed by atoms with van der Waals surface area (Å²) in [5.41, 5.74) is 0.500. The lowest BCUT2D eigenvalue weighted by Crippen LogP contribution is -2.48. The summed E-state index contributed by atoms with van der Waals surface area (Å²) < 4.78 is 25.1. The molecule has 0 unspecified atom stereocenters. The van der Waals surface area contributed by atoms with Gasteiger partial charge < -0.3 is 10.6 Å². The zero-order valence-electron chi connectivity index (χ0n) is 10.9. The molecule has 1 saturated heterocycles. The molecule has 2 rings (SSSR count). The Balaban J connectivity index is 2.17. The number of hydrogen-bond donors (Lipinski definition) is 2. The minimum absolute atomic E-state index is 0.0332. The van der Waals surface area contributed by atoms with E-state index in [1.807, 2.05) is 0 Å². The van der Waals surface area contributed by atoms with Gasteiger partial charge in [-0.2, -0.15) is 0 Å². The average molecular weight is 283 g/mol. The predicted molar refractivity (Wildman–Crippen MR) is 72.3 cm³/mol. The molecule has 1 aromatic rings. The van der Waals surface area contributed by atoms with Gasteiger partial charge in [0.15, 0.2) is 0 Å². The van der Waals surface area contributed by atoms with Gasteiger partial charge >= 0.3 is 0 Å². The van der Waals surface area contributed by atoms with Gasteiger partial charge in [-0.1, -0.05) is 6.07 Å². The zero-order chi connectivity index (χ0) is 14.0. The molecule has 1 aliphatic heterocycles. The van der Waals surface area contributed by atoms with Crippen LogP contribution in [-0.2, 0) is 14.8 Å². The molecule has 0 radical (unpaired) electrons. The highest BCUT2D eigenvalue weighted by atomic mass is 32.2. The molecule has 6 nitrogen and oxygen atoms in total. The largest absolute Gasteiger partial charge is 0.326 e. The maximum absolute atomic E-state index is 12.0. The molecule has 19 heavy (non-hydrogen) atoms. The van der Waals surface area contributed by atoms with E-state index in [4.69, 9.17) is 0 Å². The minimum atomic E-state index is -3.48. The van der Waals surface area contributed by atoms with Gasteiger partial charge in [-0.05, 0) is 18.2 Å². The first-order chi connectivity index (χ1) is 8.91. The van der Waals surface area contributed by atoms with E-state index in [2.05, 4.69) is 10.6 Å². The van der Waals surface area contributed by atoms with Crippen LogP contribution in [0.5, 0.6) is 0 Å². The highest BCUT2D eigenvalue weighted by Gasteiger charge is 2.25. The van der Waals surface area contributed by atoms with E-state index in [0.29, 0.717) is 18.8 Å². The maximum Gasteiger partial charge on any atom is 0.242 e. The molecule has 0 bridgehead atoms. The van der Waals surface area contributed by atoms with Gasteiger partial charge in [-0.3, -0.25) is 4.79 Å². The third-order valence-electron chi connectivity index (χ3n) is 3.03. The predicted octanol–water partition coefficient (Wildman–Crippen LogP) is 0.0948. The Morgan fingerprint density at radius 2 is 2.05 bits per heavy atom. The number of nitrogens with zero attached hydrogens (tertiary/aromatic N) is 1. The number of benzene rings is 1. The summed E-state index contributed by atoms with van der Waals surface area (Å²) in [6, 6.07) is 6.28. The van der Waals surface area contributed by atoms with Crippen molar-refractivity contribution in [2.45, 2.75) is 4.90 Å². The number of amides is 1. The van der Waals surface area contributed by atoms with Crippen LogP contribution < -0.4 is 10.6 Å². The maximum atomic E-state index is 12.0. The van der Waals surface area contributed by atoms with E-state index in [9.17, 15) is 13.2 Å². The third-order valence-corrected chi connectivity index (χ3v) is 4.84. The topological polar surface area (TPSA) is 78.5 Å². The second-order valence-electron chi connectivity index (χ2n) is 4.66. The van der Waals surface area contributed by atoms with Crippen molar-refractivity contribution in [2.75, 3.05) is 32.5 Å². The van der Waals surface area contributed by atoms with Crippen molar-refractivity contribution >= 4 is 21.6 Å². The number of sulfonamides is 1. The van der Waals surface area contributed by atoms with Gasteiger partial charge in [0.2, 0.25) is 15.9 Å². The molecule has 0 spiro atoms. The summed E-state index contributed by atoms with van der Waals surface area (Å²) in [6.07, 6.45) is 0. The van der Waals surface area contributed by atoms with Crippen LogP contribution in [0.4, 0.5) is 5.69 Å². The fourth-order valence-electron chi connectivity index (χ4n) is 1.66. The highest BCUT2D eigenvalue weighted by Crippen LogP contribution is 2.18. The van der Waals surface area contributed by atoms with Crippen LogP contribution in [-0.4, -0.2) is 45.8 Å². The summed E-state index contributed by atoms with van der Waals surface area (Å²) in [7, 11) is -0.532. The SMILES string of the molecule is CN(C)S(=O)(=O)c1cccc(NC(=O)C2CNC2)c1. The first kappa shape index (κ1) is 14.0. The molecule has 1 fully saturated rings. The van der Waals surface area contributed by atoms with Crippen LogP contribution in [0.3, 0.4) is 0 Å². The summed E-state index contributed by atoms with van der Waals surface area (Å²) >= 11 is 0. The van der Waals surface area contributed by atoms with Crippen LogP contribution in [0.25, 0.3) is 0 Å². The van der Waals surface area contributed by atoms with Crippen molar-refractivity contribution < 1.29 is 13.2 Å². The molecule has 1 heterocycles. The molecule has 104 valence electrons. The quantitative estimate of drug-likeness (QED) is 0.821. The van der Waals surface area contributed by atoms with Crippen LogP contribution in [0.1, 0.15) is 0 Å². The van der Waals surface area contributed by atoms with Gasteiger partial charge in [0.05, 0.1) is 10.8 Å². The van der Waals surface area contributed by atoms with Gasteiger partial charge in [0.25, 0.3) is 0 Å². The molecule has 1 aromatic carbocycles. The van der Waals surface area contributed by atoms with Crippen molar-refractivity contribution in [3.8, 4) is 0 Å². The summed E-state index contributed by atoms with van der Waals surface area (Å²) in [4.78, 5) is 11.9. The Hall–Kier alpha value is -1.44. The first-order valence-corrected chi connectivity index (χ1v) is 7.39. The monoisotopic (exact) mass is 283 g/mol. The number of nitrogens with one attached hydrogen (secondary N) is 2. The lowest BCUT2D eigenvalue weighted by Gasteiger charge is -2.25. The second kappa shape index (κ2) is 5.28. The van der Waals surface area contributed by atoms with Crippen LogP contribution in [0.15, 0.2) is 29.2 Å². The molecule has 0 atom stereocenters. The molecular weight excluding hydrogens is 266 g/mol. The van der Waals surface area contributed by atoms with Gasteiger partial charge in [-0.15, -0.1) is 0 Å². The van der Waals surface area contributed by atoms with E-state index in [1.54, 1.807) is 12.1 Å². The molecule has 2 N–H and O–H groups in total. The standard InChI is InChI=1S/C12H17N3O3S/c1-15(2)19(17,18)11-5-3-4-10(6-11)14-12(16)9-7-13-8-9/h3-6,9,13H,7-8H2,1-2H3,(H,14,16). The molecule has 0 saturated carbocycles. The lowest BCUT2D eigenvalue weighted by molar-refractivity contribution is -0.121. The number of anilines is 1. The zero-order valence-corrected chi connectivity index (χ0v) is 11.7. The number of carbonyl (C=O) groups excluding carboxylic acids is 1. The van der Waals surface area contributed by atoms with Crippen molar-refractivity contribution in [1.29, 1.82) is 0 Å². The van der Waals surface area contributed by atoms with E-state index in [1.165, 1.54) is 26.2 Å². The summed E-state index contributed by atoms with van der Waals surface area (Å²) in [6.45, 7) is 1.34. The average Bonchev–Trinajstić information content (AvgIpc) is 2.26. The molecule has 0 aromatic heterocycles. The van der Waals surface area contributed by atoms with E-state index in [0.717, 1.165) is 4.31 Å². The molecule has 1 amide bonds. The number of hydrogen-bond acceptors (Lipinski definition) is 4. The Morgan fingerprint density at radius 1 is 1.37 bits per heavy atom. The fraction of sp³-hybridized carbons (Fsp3) is 0.417. The van der Waals surface area contributed by atoms with Crippen molar-refractivity contribution in [2.24, 2.45) is 5.92 Å². The van der Waals surface area contributed by atoms with Gasteiger partial charge in [-0.25, -0.2) is 12.7 Å². The third kappa shape index (κ3) is 2.94. The normalized spacial score (nSPS) is 16.2. The summed E-state index contributed by atoms with van der Waals surface area (Å²) in [5.74, 6) is -0.118. The van der Waals surface area contributed by atoms with E-state index >= 15 is 0 Å². The second-order valence-corrected chi connectivity index (χ2v) is 6.81. The molecule has 0 aliphatic carbocycles. The van der Waals surface area contributed by atoms with E-state index in [-0.39, 0.29) is 16.7 Å². The summed E-state index contributed by atoms with van der Waals surface area (Å²) in [5, 5.41) is 5.75. The van der Waals surface area contributed by atoms with Gasteiger partial charge in [0, 0.05) is 32.9 Å². The smallest absolute Gasteiger partial charge is 0.242 e. The Bertz CT molecular complexity index is 580. The highest BCUT2D eigenvalue weighted by molar-refractivity contribution is 7.89. The van der Waals surface area contributed by atoms with Crippen LogP contribution >= 0.6 is 0 Å². The number of carbonyl (C=O) groups is 1.